The van der Waals surface area contributed by atoms with Crippen molar-refractivity contribution in [1.29, 1.82) is 0 Å². The van der Waals surface area contributed by atoms with Crippen LogP contribution in [-0.2, 0) is 19.1 Å². The lowest BCUT2D eigenvalue weighted by molar-refractivity contribution is -0.141. The topological polar surface area (TPSA) is 91.0 Å². The molecule has 1 aromatic rings. The fourth-order valence-corrected chi connectivity index (χ4v) is 6.92. The quantitative estimate of drug-likeness (QED) is 0.446. The van der Waals surface area contributed by atoms with Crippen molar-refractivity contribution in [1.82, 2.24) is 15.1 Å². The van der Waals surface area contributed by atoms with Gasteiger partial charge in [-0.25, -0.2) is 0 Å². The molecule has 206 valence electrons. The zero-order chi connectivity index (χ0) is 27.0. The Kier molecular flexibility index (Phi) is 8.06. The molecule has 1 aliphatic carbocycles. The lowest BCUT2D eigenvalue weighted by Crippen LogP contribution is -2.57. The average Bonchev–Trinajstić information content (AvgIpc) is 3.55. The van der Waals surface area contributed by atoms with Crippen LogP contribution in [0.15, 0.2) is 30.4 Å². The van der Waals surface area contributed by atoms with Gasteiger partial charge in [-0.15, -0.1) is 0 Å². The van der Waals surface area contributed by atoms with E-state index in [2.05, 4.69) is 29.4 Å². The van der Waals surface area contributed by atoms with Crippen molar-refractivity contribution in [2.24, 2.45) is 11.8 Å². The maximum atomic E-state index is 14.0. The van der Waals surface area contributed by atoms with Gasteiger partial charge >= 0.3 is 0 Å². The van der Waals surface area contributed by atoms with Crippen LogP contribution < -0.4 is 10.6 Å². The van der Waals surface area contributed by atoms with E-state index >= 15 is 0 Å². The van der Waals surface area contributed by atoms with Crippen LogP contribution in [-0.4, -0.2) is 77.5 Å². The molecule has 3 amide bonds. The molecule has 3 fully saturated rings. The van der Waals surface area contributed by atoms with Crippen molar-refractivity contribution < 1.29 is 19.1 Å². The van der Waals surface area contributed by atoms with Crippen molar-refractivity contribution in [3.05, 3.63) is 40.4 Å². The predicted octanol–water partition coefficient (Wildman–Crippen LogP) is 3.87. The summed E-state index contributed by atoms with van der Waals surface area (Å²) in [5.41, 5.74) is -0.677. The standard InChI is InChI=1S/C28H36Cl2N4O4/c1-3-33(4-2)14-15-34-24(26(36)31-17-8-6-5-7-9-17)28-13-12-21(38-28)22(23(28)27(34)37)25(35)32-18-10-11-19(29)20(30)16-18/h10-13,16-17,21-24H,3-9,14-15H2,1-2H3,(H,31,36)(H,32,35)/t21-,22+,23-,24+,28-/m0/s1. The maximum absolute atomic E-state index is 14.0. The monoisotopic (exact) mass is 562 g/mol. The second kappa shape index (κ2) is 11.2. The zero-order valence-corrected chi connectivity index (χ0v) is 23.4. The average molecular weight is 564 g/mol. The number of rotatable bonds is 9. The number of likely N-dealkylation sites (N-methyl/N-ethyl adjacent to an activating group) is 1. The molecule has 8 nitrogen and oxygen atoms in total. The Balaban J connectivity index is 1.42. The molecule has 2 saturated heterocycles. The Labute approximate surface area is 234 Å². The Morgan fingerprint density at radius 3 is 2.53 bits per heavy atom. The van der Waals surface area contributed by atoms with E-state index in [0.717, 1.165) is 38.8 Å². The third-order valence-corrected chi connectivity index (χ3v) is 9.35. The molecule has 0 radical (unpaired) electrons. The van der Waals surface area contributed by atoms with Crippen LogP contribution >= 0.6 is 23.2 Å². The number of ether oxygens (including phenoxy) is 1. The van der Waals surface area contributed by atoms with E-state index < -0.39 is 29.6 Å². The summed E-state index contributed by atoms with van der Waals surface area (Å²) >= 11 is 12.2. The number of nitrogens with zero attached hydrogens (tertiary/aromatic N) is 2. The number of carbonyl (C=O) groups excluding carboxylic acids is 3. The van der Waals surface area contributed by atoms with Gasteiger partial charge in [0.25, 0.3) is 0 Å². The molecular weight excluding hydrogens is 527 g/mol. The van der Waals surface area contributed by atoms with Crippen molar-refractivity contribution in [3.63, 3.8) is 0 Å². The molecule has 4 aliphatic rings. The highest BCUT2D eigenvalue weighted by Crippen LogP contribution is 2.55. The SMILES string of the molecule is CCN(CC)CCN1C(=O)[C@@H]2[C@H](C(=O)Nc3ccc(Cl)c(Cl)c3)[C@@H]3C=C[C@@]2(O3)[C@H]1C(=O)NC1CCCCC1. The number of hydrogen-bond donors (Lipinski definition) is 2. The second-order valence-electron chi connectivity index (χ2n) is 10.7. The summed E-state index contributed by atoms with van der Waals surface area (Å²) in [6, 6.07) is 4.14. The van der Waals surface area contributed by atoms with Crippen LogP contribution in [0, 0.1) is 11.8 Å². The summed E-state index contributed by atoms with van der Waals surface area (Å²) in [5.74, 6) is -2.27. The maximum Gasteiger partial charge on any atom is 0.246 e. The molecule has 38 heavy (non-hydrogen) atoms. The fourth-order valence-electron chi connectivity index (χ4n) is 6.62. The Morgan fingerprint density at radius 1 is 1.11 bits per heavy atom. The van der Waals surface area contributed by atoms with Gasteiger partial charge in [0.2, 0.25) is 17.7 Å². The van der Waals surface area contributed by atoms with E-state index in [-0.39, 0.29) is 23.8 Å². The molecule has 1 spiro atoms. The van der Waals surface area contributed by atoms with Gasteiger partial charge < -0.3 is 25.2 Å². The van der Waals surface area contributed by atoms with E-state index in [4.69, 9.17) is 27.9 Å². The van der Waals surface area contributed by atoms with Gasteiger partial charge in [0.15, 0.2) is 0 Å². The van der Waals surface area contributed by atoms with Gasteiger partial charge in [0.1, 0.15) is 11.6 Å². The zero-order valence-electron chi connectivity index (χ0n) is 21.9. The third-order valence-electron chi connectivity index (χ3n) is 8.62. The molecule has 1 saturated carbocycles. The van der Waals surface area contributed by atoms with Crippen LogP contribution in [0.4, 0.5) is 5.69 Å². The number of hydrogen-bond acceptors (Lipinski definition) is 5. The Bertz CT molecular complexity index is 1120. The lowest BCUT2D eigenvalue weighted by Gasteiger charge is -2.34. The van der Waals surface area contributed by atoms with E-state index in [1.807, 2.05) is 12.2 Å². The number of likely N-dealkylation sites (tertiary alicyclic amines) is 1. The summed E-state index contributed by atoms with van der Waals surface area (Å²) in [4.78, 5) is 45.3. The van der Waals surface area contributed by atoms with Crippen LogP contribution in [0.5, 0.6) is 0 Å². The highest BCUT2D eigenvalue weighted by molar-refractivity contribution is 6.42. The van der Waals surface area contributed by atoms with Gasteiger partial charge in [-0.3, -0.25) is 14.4 Å². The summed E-state index contributed by atoms with van der Waals surface area (Å²) in [5, 5.41) is 6.82. The molecular formula is C28H36Cl2N4O4. The highest BCUT2D eigenvalue weighted by atomic mass is 35.5. The molecule has 0 unspecified atom stereocenters. The summed E-state index contributed by atoms with van der Waals surface area (Å²) in [7, 11) is 0. The largest absolute Gasteiger partial charge is 0.359 e. The second-order valence-corrected chi connectivity index (χ2v) is 11.5. The summed E-state index contributed by atoms with van der Waals surface area (Å²) in [6.45, 7) is 6.88. The molecule has 3 heterocycles. The number of carbonyl (C=O) groups is 3. The predicted molar refractivity (Wildman–Crippen MR) is 147 cm³/mol. The molecule has 0 aromatic heterocycles. The molecule has 2 N–H and O–H groups in total. The van der Waals surface area contributed by atoms with E-state index in [0.29, 0.717) is 28.8 Å². The summed E-state index contributed by atoms with van der Waals surface area (Å²) < 4.78 is 6.43. The van der Waals surface area contributed by atoms with Crippen molar-refractivity contribution in [2.45, 2.75) is 69.7 Å². The number of halogens is 2. The fraction of sp³-hybridized carbons (Fsp3) is 0.607. The third kappa shape index (κ3) is 4.85. The number of nitrogens with one attached hydrogen (secondary N) is 2. The van der Waals surface area contributed by atoms with Crippen LogP contribution in [0.3, 0.4) is 0 Å². The first-order chi connectivity index (χ1) is 18.3. The van der Waals surface area contributed by atoms with Gasteiger partial charge in [0, 0.05) is 24.8 Å². The molecule has 3 aliphatic heterocycles. The number of fused-ring (bicyclic) bond motifs is 1. The normalized spacial score (nSPS) is 30.2. The first kappa shape index (κ1) is 27.4. The van der Waals surface area contributed by atoms with Crippen molar-refractivity contribution >= 4 is 46.6 Å². The van der Waals surface area contributed by atoms with Crippen LogP contribution in [0.2, 0.25) is 10.0 Å². The number of amides is 3. The molecule has 5 atom stereocenters. The van der Waals surface area contributed by atoms with E-state index in [9.17, 15) is 14.4 Å². The van der Waals surface area contributed by atoms with Gasteiger partial charge in [-0.1, -0.05) is 68.5 Å². The number of benzene rings is 1. The molecule has 2 bridgehead atoms. The first-order valence-electron chi connectivity index (χ1n) is 13.7. The van der Waals surface area contributed by atoms with E-state index in [1.54, 1.807) is 23.1 Å². The highest BCUT2D eigenvalue weighted by Gasteiger charge is 2.72. The Hall–Kier alpha value is -2.13. The van der Waals surface area contributed by atoms with Gasteiger partial charge in [-0.2, -0.15) is 0 Å². The molecule has 10 heteroatoms. The van der Waals surface area contributed by atoms with Crippen molar-refractivity contribution in [3.8, 4) is 0 Å². The summed E-state index contributed by atoms with van der Waals surface area (Å²) in [6.07, 6.45) is 8.34. The minimum atomic E-state index is -1.16. The lowest BCUT2D eigenvalue weighted by atomic mass is 9.74. The van der Waals surface area contributed by atoms with Gasteiger partial charge in [-0.05, 0) is 44.1 Å². The van der Waals surface area contributed by atoms with E-state index in [1.165, 1.54) is 6.42 Å². The molecule has 1 aromatic carbocycles. The van der Waals surface area contributed by atoms with Crippen LogP contribution in [0.1, 0.15) is 46.0 Å². The first-order valence-corrected chi connectivity index (χ1v) is 14.5. The van der Waals surface area contributed by atoms with Crippen molar-refractivity contribution in [2.75, 3.05) is 31.5 Å². The minimum absolute atomic E-state index is 0.0998. The van der Waals surface area contributed by atoms with Crippen LogP contribution in [0.25, 0.3) is 0 Å². The Morgan fingerprint density at radius 2 is 1.84 bits per heavy atom. The number of anilines is 1. The minimum Gasteiger partial charge on any atom is -0.359 e. The molecule has 5 rings (SSSR count). The smallest absolute Gasteiger partial charge is 0.246 e. The van der Waals surface area contributed by atoms with Gasteiger partial charge in [0.05, 0.1) is 28.0 Å².